The van der Waals surface area contributed by atoms with Crippen molar-refractivity contribution in [2.45, 2.75) is 51.8 Å². The second kappa shape index (κ2) is 7.27. The molecule has 0 aliphatic rings. The molecule has 0 aromatic heterocycles. The number of alkyl halides is 3. The van der Waals surface area contributed by atoms with E-state index in [1.165, 1.54) is 6.07 Å². The third-order valence-electron chi connectivity index (χ3n) is 3.79. The van der Waals surface area contributed by atoms with E-state index in [4.69, 9.17) is 9.47 Å². The lowest BCUT2D eigenvalue weighted by Gasteiger charge is -2.33. The van der Waals surface area contributed by atoms with Crippen LogP contribution < -0.4 is 0 Å². The van der Waals surface area contributed by atoms with Crippen LogP contribution in [0.15, 0.2) is 24.3 Å². The molecule has 0 bridgehead atoms. The Hall–Kier alpha value is -1.07. The summed E-state index contributed by atoms with van der Waals surface area (Å²) in [5.41, 5.74) is -1.39. The molecular formula is C16H23F3O2. The molecule has 0 heterocycles. The normalized spacial score (nSPS) is 16.5. The highest BCUT2D eigenvalue weighted by molar-refractivity contribution is 5.31. The van der Waals surface area contributed by atoms with Gasteiger partial charge in [0.05, 0.1) is 0 Å². The average Bonchev–Trinajstić information content (AvgIpc) is 2.45. The Morgan fingerprint density at radius 1 is 1.19 bits per heavy atom. The summed E-state index contributed by atoms with van der Waals surface area (Å²) < 4.78 is 50.3. The van der Waals surface area contributed by atoms with Crippen molar-refractivity contribution in [3.63, 3.8) is 0 Å². The van der Waals surface area contributed by atoms with Crippen LogP contribution in [0.4, 0.5) is 13.2 Å². The molecule has 2 nitrogen and oxygen atoms in total. The van der Waals surface area contributed by atoms with Gasteiger partial charge < -0.3 is 9.47 Å². The minimum absolute atomic E-state index is 0.104. The first kappa shape index (κ1) is 18.0. The molecule has 0 aliphatic carbocycles. The maximum Gasteiger partial charge on any atom is 0.421 e. The zero-order valence-electron chi connectivity index (χ0n) is 13.0. The van der Waals surface area contributed by atoms with Crippen LogP contribution in [0, 0.1) is 0 Å². The molecule has 120 valence electrons. The molecule has 2 unspecified atom stereocenters. The van der Waals surface area contributed by atoms with Crippen molar-refractivity contribution in [1.29, 1.82) is 0 Å². The predicted octanol–water partition coefficient (Wildman–Crippen LogP) is 4.99. The van der Waals surface area contributed by atoms with Crippen molar-refractivity contribution in [3.05, 3.63) is 35.4 Å². The molecule has 0 aliphatic heterocycles. The summed E-state index contributed by atoms with van der Waals surface area (Å²) in [4.78, 5) is 0. The van der Waals surface area contributed by atoms with Gasteiger partial charge in [0.1, 0.15) is 6.79 Å². The van der Waals surface area contributed by atoms with Crippen LogP contribution >= 0.6 is 0 Å². The topological polar surface area (TPSA) is 18.5 Å². The van der Waals surface area contributed by atoms with Gasteiger partial charge in [0, 0.05) is 6.61 Å². The van der Waals surface area contributed by atoms with E-state index in [1.54, 1.807) is 19.1 Å². The second-order valence-electron chi connectivity index (χ2n) is 5.22. The molecule has 0 saturated heterocycles. The summed E-state index contributed by atoms with van der Waals surface area (Å²) in [6.45, 7) is 6.66. The summed E-state index contributed by atoms with van der Waals surface area (Å²) in [6, 6.07) is 6.51. The molecule has 0 amide bonds. The van der Waals surface area contributed by atoms with Crippen LogP contribution in [-0.2, 0) is 15.1 Å². The molecule has 0 radical (unpaired) electrons. The fourth-order valence-electron chi connectivity index (χ4n) is 1.95. The predicted molar refractivity (Wildman–Crippen MR) is 76.1 cm³/mol. The Bertz CT molecular complexity index is 445. The van der Waals surface area contributed by atoms with E-state index in [0.717, 1.165) is 18.9 Å². The van der Waals surface area contributed by atoms with Gasteiger partial charge in [0.15, 0.2) is 5.60 Å². The first-order valence-electron chi connectivity index (χ1n) is 7.15. The van der Waals surface area contributed by atoms with Crippen molar-refractivity contribution in [3.8, 4) is 0 Å². The maximum absolute atomic E-state index is 13.5. The molecule has 1 aromatic carbocycles. The highest BCUT2D eigenvalue weighted by atomic mass is 19.4. The zero-order chi connectivity index (χ0) is 16.1. The molecule has 5 heteroatoms. The average molecular weight is 304 g/mol. The molecule has 0 N–H and O–H groups in total. The molecule has 21 heavy (non-hydrogen) atoms. The Kier molecular flexibility index (Phi) is 6.23. The van der Waals surface area contributed by atoms with Gasteiger partial charge in [0.25, 0.3) is 0 Å². The molecule has 1 aromatic rings. The first-order valence-corrected chi connectivity index (χ1v) is 7.15. The Morgan fingerprint density at radius 2 is 1.86 bits per heavy atom. The Morgan fingerprint density at radius 3 is 2.38 bits per heavy atom. The van der Waals surface area contributed by atoms with Gasteiger partial charge in [-0.15, -0.1) is 0 Å². The molecule has 0 saturated carbocycles. The van der Waals surface area contributed by atoms with E-state index in [-0.39, 0.29) is 18.3 Å². The Balaban J connectivity index is 3.14. The summed E-state index contributed by atoms with van der Waals surface area (Å²) in [7, 11) is 0. The molecule has 2 atom stereocenters. The summed E-state index contributed by atoms with van der Waals surface area (Å²) >= 11 is 0. The van der Waals surface area contributed by atoms with Crippen LogP contribution in [0.25, 0.3) is 0 Å². The Labute approximate surface area is 124 Å². The van der Waals surface area contributed by atoms with Crippen LogP contribution in [-0.4, -0.2) is 19.6 Å². The monoisotopic (exact) mass is 304 g/mol. The smallest absolute Gasteiger partial charge is 0.356 e. The quantitative estimate of drug-likeness (QED) is 0.522. The SMILES string of the molecule is CCOCOC(C)(c1cccc(C(C)CC)c1)C(F)(F)F. The van der Waals surface area contributed by atoms with Gasteiger partial charge in [0.2, 0.25) is 0 Å². The second-order valence-corrected chi connectivity index (χ2v) is 5.22. The van der Waals surface area contributed by atoms with E-state index in [2.05, 4.69) is 0 Å². The minimum atomic E-state index is -4.52. The van der Waals surface area contributed by atoms with Gasteiger partial charge >= 0.3 is 6.18 Å². The number of halogens is 3. The van der Waals surface area contributed by atoms with Crippen molar-refractivity contribution in [2.24, 2.45) is 0 Å². The van der Waals surface area contributed by atoms with E-state index in [9.17, 15) is 13.2 Å². The van der Waals surface area contributed by atoms with Crippen molar-refractivity contribution in [1.82, 2.24) is 0 Å². The third kappa shape index (κ3) is 4.20. The van der Waals surface area contributed by atoms with Crippen molar-refractivity contribution >= 4 is 0 Å². The van der Waals surface area contributed by atoms with Crippen LogP contribution in [0.5, 0.6) is 0 Å². The molecule has 1 rings (SSSR count). The molecule has 0 spiro atoms. The standard InChI is InChI=1S/C16H23F3O2/c1-5-12(3)13-8-7-9-14(10-13)15(4,16(17,18)19)21-11-20-6-2/h7-10,12H,5-6,11H2,1-4H3. The molecule has 0 fully saturated rings. The van der Waals surface area contributed by atoms with Crippen LogP contribution in [0.1, 0.15) is 51.2 Å². The van der Waals surface area contributed by atoms with E-state index in [0.29, 0.717) is 6.61 Å². The minimum Gasteiger partial charge on any atom is -0.356 e. The number of hydrogen-bond acceptors (Lipinski definition) is 2. The fraction of sp³-hybridized carbons (Fsp3) is 0.625. The number of rotatable bonds is 7. The van der Waals surface area contributed by atoms with Crippen LogP contribution in [0.3, 0.4) is 0 Å². The third-order valence-corrected chi connectivity index (χ3v) is 3.79. The van der Waals surface area contributed by atoms with E-state index in [1.807, 2.05) is 19.9 Å². The van der Waals surface area contributed by atoms with Gasteiger partial charge in [-0.05, 0) is 37.3 Å². The van der Waals surface area contributed by atoms with E-state index >= 15 is 0 Å². The van der Waals surface area contributed by atoms with E-state index < -0.39 is 11.8 Å². The van der Waals surface area contributed by atoms with Gasteiger partial charge in [-0.3, -0.25) is 0 Å². The summed E-state index contributed by atoms with van der Waals surface area (Å²) in [6.07, 6.45) is -3.65. The highest BCUT2D eigenvalue weighted by Gasteiger charge is 2.54. The number of ether oxygens (including phenoxy) is 2. The summed E-state index contributed by atoms with van der Waals surface area (Å²) in [5, 5.41) is 0. The highest BCUT2D eigenvalue weighted by Crippen LogP contribution is 2.42. The zero-order valence-corrected chi connectivity index (χ0v) is 13.0. The lowest BCUT2D eigenvalue weighted by Crippen LogP contribution is -2.42. The number of benzene rings is 1. The largest absolute Gasteiger partial charge is 0.421 e. The van der Waals surface area contributed by atoms with Gasteiger partial charge in [-0.25, -0.2) is 0 Å². The van der Waals surface area contributed by atoms with Gasteiger partial charge in [-0.1, -0.05) is 38.1 Å². The lowest BCUT2D eigenvalue weighted by atomic mass is 9.89. The van der Waals surface area contributed by atoms with Crippen molar-refractivity contribution < 1.29 is 22.6 Å². The van der Waals surface area contributed by atoms with Crippen LogP contribution in [0.2, 0.25) is 0 Å². The maximum atomic E-state index is 13.5. The van der Waals surface area contributed by atoms with Gasteiger partial charge in [-0.2, -0.15) is 13.2 Å². The van der Waals surface area contributed by atoms with Crippen molar-refractivity contribution in [2.75, 3.05) is 13.4 Å². The number of hydrogen-bond donors (Lipinski definition) is 0. The summed E-state index contributed by atoms with van der Waals surface area (Å²) in [5.74, 6) is 0.203. The molecular weight excluding hydrogens is 281 g/mol. The lowest BCUT2D eigenvalue weighted by molar-refractivity contribution is -0.298. The fourth-order valence-corrected chi connectivity index (χ4v) is 1.95. The first-order chi connectivity index (χ1) is 9.76.